The van der Waals surface area contributed by atoms with Crippen molar-refractivity contribution >= 4 is 13.2 Å². The average Bonchev–Trinajstić information content (AvgIpc) is 2.42. The van der Waals surface area contributed by atoms with Crippen LogP contribution in [-0.2, 0) is 0 Å². The molecule has 2 atom stereocenters. The Morgan fingerprint density at radius 3 is 2.44 bits per heavy atom. The Balaban J connectivity index is 2.27. The van der Waals surface area contributed by atoms with E-state index < -0.39 is 0 Å². The van der Waals surface area contributed by atoms with Crippen molar-refractivity contribution in [2.45, 2.75) is 70.6 Å². The largest absolute Gasteiger partial charge is 0.0690 e. The zero-order valence-corrected chi connectivity index (χ0v) is 13.0. The van der Waals surface area contributed by atoms with Crippen molar-refractivity contribution in [2.75, 3.05) is 0 Å². The minimum Gasteiger partial charge on any atom is -0.0690 e. The van der Waals surface area contributed by atoms with Crippen molar-refractivity contribution in [3.63, 3.8) is 0 Å². The first-order chi connectivity index (χ1) is 8.74. The summed E-state index contributed by atoms with van der Waals surface area (Å²) in [5, 5.41) is 1.69. The molecule has 0 nitrogen and oxygen atoms in total. The molecule has 0 heterocycles. The van der Waals surface area contributed by atoms with Gasteiger partial charge in [0.25, 0.3) is 0 Å². The number of benzene rings is 1. The first-order valence-electron chi connectivity index (χ1n) is 7.58. The molecule has 0 aliphatic heterocycles. The maximum absolute atomic E-state index is 2.48. The number of hydrogen-bond donors (Lipinski definition) is 0. The van der Waals surface area contributed by atoms with E-state index in [2.05, 4.69) is 45.0 Å². The van der Waals surface area contributed by atoms with Gasteiger partial charge < -0.3 is 0 Å². The summed E-state index contributed by atoms with van der Waals surface area (Å²) in [6, 6.07) is 9.13. The Morgan fingerprint density at radius 1 is 1.17 bits per heavy atom. The van der Waals surface area contributed by atoms with Crippen molar-refractivity contribution in [3.8, 4) is 0 Å². The van der Waals surface area contributed by atoms with E-state index in [1.54, 1.807) is 5.30 Å². The topological polar surface area (TPSA) is 0 Å². The Labute approximate surface area is 114 Å². The Bertz CT molecular complexity index is 366. The Morgan fingerprint density at radius 2 is 1.83 bits per heavy atom. The van der Waals surface area contributed by atoms with Gasteiger partial charge >= 0.3 is 0 Å². The van der Waals surface area contributed by atoms with Crippen LogP contribution in [0.15, 0.2) is 24.3 Å². The van der Waals surface area contributed by atoms with Crippen LogP contribution in [0.2, 0.25) is 0 Å². The van der Waals surface area contributed by atoms with E-state index in [-0.39, 0.29) is 7.92 Å². The second-order valence-corrected chi connectivity index (χ2v) is 8.65. The second kappa shape index (κ2) is 6.71. The van der Waals surface area contributed by atoms with Crippen LogP contribution in [0.4, 0.5) is 0 Å². The van der Waals surface area contributed by atoms with Crippen LogP contribution in [0.3, 0.4) is 0 Å². The molecular weight excluding hydrogens is 235 g/mol. The quantitative estimate of drug-likeness (QED) is 0.651. The summed E-state index contributed by atoms with van der Waals surface area (Å²) in [4.78, 5) is 0. The summed E-state index contributed by atoms with van der Waals surface area (Å²) in [7, 11) is 0.0439. The summed E-state index contributed by atoms with van der Waals surface area (Å²) >= 11 is 0. The zero-order chi connectivity index (χ0) is 13.0. The van der Waals surface area contributed by atoms with E-state index in [1.807, 2.05) is 0 Å². The summed E-state index contributed by atoms with van der Waals surface area (Å²) in [5.74, 6) is 0. The van der Waals surface area contributed by atoms with Crippen molar-refractivity contribution in [1.82, 2.24) is 0 Å². The molecule has 18 heavy (non-hydrogen) atoms. The van der Waals surface area contributed by atoms with E-state index in [1.165, 1.54) is 44.1 Å². The fraction of sp³-hybridized carbons (Fsp3) is 0.647. The molecule has 1 aliphatic carbocycles. The molecular formula is C17H27P. The Kier molecular flexibility index (Phi) is 5.25. The monoisotopic (exact) mass is 262 g/mol. The van der Waals surface area contributed by atoms with Gasteiger partial charge in [0.05, 0.1) is 0 Å². The van der Waals surface area contributed by atoms with Gasteiger partial charge in [-0.05, 0) is 48.4 Å². The first kappa shape index (κ1) is 14.1. The molecule has 1 saturated carbocycles. The second-order valence-electron chi connectivity index (χ2n) is 5.74. The molecule has 2 unspecified atom stereocenters. The highest BCUT2D eigenvalue weighted by atomic mass is 31.1. The van der Waals surface area contributed by atoms with Crippen LogP contribution < -0.4 is 5.30 Å². The molecule has 2 rings (SSSR count). The molecule has 0 radical (unpaired) electrons. The molecule has 1 heteroatoms. The highest BCUT2D eigenvalue weighted by Crippen LogP contribution is 2.52. The van der Waals surface area contributed by atoms with Gasteiger partial charge in [-0.15, -0.1) is 0 Å². The van der Waals surface area contributed by atoms with Crippen LogP contribution >= 0.6 is 7.92 Å². The smallest absolute Gasteiger partial charge is 0.0166 e. The molecule has 1 aliphatic rings. The summed E-state index contributed by atoms with van der Waals surface area (Å²) < 4.78 is 0. The fourth-order valence-corrected chi connectivity index (χ4v) is 6.85. The average molecular weight is 262 g/mol. The lowest BCUT2D eigenvalue weighted by molar-refractivity contribution is 0.509. The van der Waals surface area contributed by atoms with Gasteiger partial charge in [-0.3, -0.25) is 0 Å². The highest BCUT2D eigenvalue weighted by Gasteiger charge is 2.28. The number of hydrogen-bond acceptors (Lipinski definition) is 0. The van der Waals surface area contributed by atoms with Crippen molar-refractivity contribution in [3.05, 3.63) is 29.8 Å². The molecule has 0 bridgehead atoms. The van der Waals surface area contributed by atoms with Crippen LogP contribution in [0.25, 0.3) is 0 Å². The molecule has 0 N–H and O–H groups in total. The third-order valence-corrected chi connectivity index (χ3v) is 8.10. The predicted molar refractivity (Wildman–Crippen MR) is 84.4 cm³/mol. The normalized spacial score (nSPS) is 20.6. The van der Waals surface area contributed by atoms with Crippen molar-refractivity contribution in [2.24, 2.45) is 0 Å². The highest BCUT2D eigenvalue weighted by molar-refractivity contribution is 7.67. The maximum atomic E-state index is 2.48. The van der Waals surface area contributed by atoms with Gasteiger partial charge in [0.1, 0.15) is 0 Å². The van der Waals surface area contributed by atoms with Crippen LogP contribution in [0.1, 0.15) is 57.9 Å². The van der Waals surface area contributed by atoms with Gasteiger partial charge in [-0.1, -0.05) is 65.3 Å². The van der Waals surface area contributed by atoms with Gasteiger partial charge in [0, 0.05) is 0 Å². The van der Waals surface area contributed by atoms with Gasteiger partial charge in [0.15, 0.2) is 0 Å². The van der Waals surface area contributed by atoms with Gasteiger partial charge in [-0.2, -0.15) is 0 Å². The number of rotatable bonds is 4. The third-order valence-electron chi connectivity index (χ3n) is 4.43. The molecule has 0 spiro atoms. The SMILES string of the molecule is CCC(C)P(c1ccccc1C)C1CCCCC1. The zero-order valence-electron chi connectivity index (χ0n) is 12.2. The lowest BCUT2D eigenvalue weighted by atomic mass is 10.0. The van der Waals surface area contributed by atoms with Crippen LogP contribution in [-0.4, -0.2) is 11.3 Å². The lowest BCUT2D eigenvalue weighted by Crippen LogP contribution is -2.24. The maximum Gasteiger partial charge on any atom is -0.0166 e. The van der Waals surface area contributed by atoms with Gasteiger partial charge in [-0.25, -0.2) is 0 Å². The van der Waals surface area contributed by atoms with E-state index in [4.69, 9.17) is 0 Å². The van der Waals surface area contributed by atoms with Crippen molar-refractivity contribution in [1.29, 1.82) is 0 Å². The summed E-state index contributed by atoms with van der Waals surface area (Å²) in [6.45, 7) is 7.14. The third kappa shape index (κ3) is 3.15. The van der Waals surface area contributed by atoms with Crippen molar-refractivity contribution < 1.29 is 0 Å². The molecule has 0 aromatic heterocycles. The van der Waals surface area contributed by atoms with Gasteiger partial charge in [0.2, 0.25) is 0 Å². The van der Waals surface area contributed by atoms with Crippen LogP contribution in [0, 0.1) is 6.92 Å². The fourth-order valence-electron chi connectivity index (χ4n) is 3.20. The molecule has 0 saturated heterocycles. The summed E-state index contributed by atoms with van der Waals surface area (Å²) in [5.41, 5.74) is 3.39. The molecule has 1 fully saturated rings. The van der Waals surface area contributed by atoms with E-state index in [0.29, 0.717) is 0 Å². The lowest BCUT2D eigenvalue weighted by Gasteiger charge is -2.36. The molecule has 100 valence electrons. The molecule has 1 aromatic carbocycles. The van der Waals surface area contributed by atoms with E-state index in [0.717, 1.165) is 11.3 Å². The van der Waals surface area contributed by atoms with Crippen LogP contribution in [0.5, 0.6) is 0 Å². The standard InChI is InChI=1S/C17H27P/c1-4-15(3)18(16-11-6-5-7-12-16)17-13-9-8-10-14(17)2/h8-10,13,15-16H,4-7,11-12H2,1-3H3. The molecule has 1 aromatic rings. The Hall–Kier alpha value is -0.350. The minimum absolute atomic E-state index is 0.0439. The minimum atomic E-state index is 0.0439. The summed E-state index contributed by atoms with van der Waals surface area (Å²) in [6.07, 6.45) is 8.68. The first-order valence-corrected chi connectivity index (χ1v) is 9.06. The number of aryl methyl sites for hydroxylation is 1. The molecule has 0 amide bonds. The predicted octanol–water partition coefficient (Wildman–Crippen LogP) is 5.23. The van der Waals surface area contributed by atoms with E-state index >= 15 is 0 Å². The van der Waals surface area contributed by atoms with E-state index in [9.17, 15) is 0 Å².